The molecule has 0 aliphatic rings. The van der Waals surface area contributed by atoms with E-state index >= 15 is 0 Å². The number of halogens is 1. The first-order valence-corrected chi connectivity index (χ1v) is 13.4. The van der Waals surface area contributed by atoms with Gasteiger partial charge in [-0.05, 0) is 60.1 Å². The quantitative estimate of drug-likeness (QED) is 0.266. The molecule has 164 valence electrons. The Morgan fingerprint density at radius 3 is 2.06 bits per heavy atom. The summed E-state index contributed by atoms with van der Waals surface area (Å²) in [5, 5.41) is 11.1. The number of phenols is 1. The van der Waals surface area contributed by atoms with Crippen LogP contribution in [-0.2, 0) is 10.8 Å². The highest BCUT2D eigenvalue weighted by Crippen LogP contribution is 2.39. The van der Waals surface area contributed by atoms with E-state index in [0.29, 0.717) is 5.75 Å². The van der Waals surface area contributed by atoms with Gasteiger partial charge >= 0.3 is 0 Å². The first-order chi connectivity index (χ1) is 14.5. The second-order valence-corrected chi connectivity index (χ2v) is 12.8. The first-order valence-electron chi connectivity index (χ1n) is 10.5. The van der Waals surface area contributed by atoms with Crippen molar-refractivity contribution in [3.05, 3.63) is 87.0 Å². The molecule has 0 heterocycles. The van der Waals surface area contributed by atoms with Crippen molar-refractivity contribution in [2.24, 2.45) is 0 Å². The molecule has 1 atom stereocenters. The second kappa shape index (κ2) is 9.42. The fourth-order valence-corrected chi connectivity index (χ4v) is 6.31. The zero-order valence-corrected chi connectivity index (χ0v) is 22.6. The van der Waals surface area contributed by atoms with Gasteiger partial charge in [-0.25, -0.2) is 0 Å². The summed E-state index contributed by atoms with van der Waals surface area (Å²) in [6.45, 7) is 13.2. The van der Waals surface area contributed by atoms with Crippen molar-refractivity contribution in [1.82, 2.24) is 0 Å². The minimum absolute atomic E-state index is 0.0245. The van der Waals surface area contributed by atoms with Crippen LogP contribution >= 0.6 is 30.1 Å². The molecule has 0 saturated heterocycles. The molecule has 3 aromatic carbocycles. The smallest absolute Gasteiger partial charge is 0.126 e. The Kier molecular flexibility index (Phi) is 7.28. The van der Waals surface area contributed by atoms with Gasteiger partial charge < -0.3 is 9.78 Å². The van der Waals surface area contributed by atoms with Crippen LogP contribution in [0.15, 0.2) is 66.7 Å². The van der Waals surface area contributed by atoms with Crippen molar-refractivity contribution >= 4 is 45.5 Å². The largest absolute Gasteiger partial charge is 0.507 e. The van der Waals surface area contributed by atoms with Crippen LogP contribution in [0, 0.1) is 3.57 Å². The summed E-state index contributed by atoms with van der Waals surface area (Å²) in [7, 11) is 2.84. The molecule has 0 saturated carbocycles. The lowest BCUT2D eigenvalue weighted by atomic mass is 9.79. The molecule has 4 heteroatoms. The SMILES string of the molecule is CC(C)(C)c1cc(C=Ic2ccccc2N(P)c2ccccc2)c(O)c(C(C)(C)C)c1. The molecule has 0 amide bonds. The number of benzene rings is 3. The van der Waals surface area contributed by atoms with Crippen LogP contribution in [0.2, 0.25) is 0 Å². The Morgan fingerprint density at radius 1 is 0.839 bits per heavy atom. The van der Waals surface area contributed by atoms with Crippen LogP contribution in [0.1, 0.15) is 58.2 Å². The summed E-state index contributed by atoms with van der Waals surface area (Å²) < 4.78 is 5.74. The van der Waals surface area contributed by atoms with Gasteiger partial charge in [0.25, 0.3) is 0 Å². The van der Waals surface area contributed by atoms with E-state index in [-0.39, 0.29) is 10.8 Å². The van der Waals surface area contributed by atoms with Crippen LogP contribution in [0.4, 0.5) is 11.4 Å². The third-order valence-corrected chi connectivity index (χ3v) is 8.39. The summed E-state index contributed by atoms with van der Waals surface area (Å²) in [5.74, 6) is 0.420. The van der Waals surface area contributed by atoms with Crippen molar-refractivity contribution in [2.75, 3.05) is 4.67 Å². The maximum Gasteiger partial charge on any atom is 0.126 e. The molecule has 0 spiro atoms. The first kappa shape index (κ1) is 23.9. The molecule has 0 aromatic heterocycles. The second-order valence-electron chi connectivity index (χ2n) is 9.84. The van der Waals surface area contributed by atoms with E-state index in [1.54, 1.807) is 0 Å². The number of hydrogen-bond acceptors (Lipinski definition) is 2. The van der Waals surface area contributed by atoms with Crippen molar-refractivity contribution in [1.29, 1.82) is 0 Å². The standard InChI is InChI=1S/C27H33INOP/c1-26(2,3)20-16-19(25(30)22(17-20)27(4,5)6)18-28-23-14-10-11-15-24(23)29(31)21-12-8-7-9-13-21/h7-18,30H,31H2,1-6H3. The third kappa shape index (κ3) is 5.75. The van der Waals surface area contributed by atoms with Gasteiger partial charge in [-0.1, -0.05) is 98.7 Å². The summed E-state index contributed by atoms with van der Waals surface area (Å²) in [5.41, 5.74) is 5.46. The monoisotopic (exact) mass is 545 g/mol. The average Bonchev–Trinajstić information content (AvgIpc) is 2.71. The van der Waals surface area contributed by atoms with Gasteiger partial charge in [0.05, 0.1) is 5.69 Å². The highest BCUT2D eigenvalue weighted by molar-refractivity contribution is 14.2. The lowest BCUT2D eigenvalue weighted by Crippen LogP contribution is -2.17. The van der Waals surface area contributed by atoms with Gasteiger partial charge in [0, 0.05) is 20.4 Å². The Hall–Kier alpha value is -1.71. The molecule has 0 fully saturated rings. The number of para-hydroxylation sites is 2. The summed E-state index contributed by atoms with van der Waals surface area (Å²) in [6, 6.07) is 23.3. The number of phenolic OH excluding ortho intramolecular Hbond substituents is 1. The van der Waals surface area contributed by atoms with Gasteiger partial charge in [-0.15, -0.1) is 0 Å². The highest BCUT2D eigenvalue weighted by Gasteiger charge is 2.24. The van der Waals surface area contributed by atoms with Gasteiger partial charge in [0.1, 0.15) is 5.75 Å². The Labute approximate surface area is 199 Å². The summed E-state index contributed by atoms with van der Waals surface area (Å²) in [6.07, 6.45) is 0. The van der Waals surface area contributed by atoms with E-state index in [2.05, 4.69) is 120 Å². The van der Waals surface area contributed by atoms with Crippen molar-refractivity contribution in [2.45, 2.75) is 52.4 Å². The van der Waals surface area contributed by atoms with E-state index in [1.165, 1.54) is 14.8 Å². The molecule has 3 rings (SSSR count). The van der Waals surface area contributed by atoms with E-state index in [0.717, 1.165) is 16.8 Å². The topological polar surface area (TPSA) is 23.5 Å². The maximum atomic E-state index is 11.1. The van der Waals surface area contributed by atoms with Crippen LogP contribution in [0.3, 0.4) is 0 Å². The lowest BCUT2D eigenvalue weighted by molar-refractivity contribution is 0.444. The zero-order valence-electron chi connectivity index (χ0n) is 19.3. The molecule has 2 nitrogen and oxygen atoms in total. The van der Waals surface area contributed by atoms with Crippen molar-refractivity contribution in [3.63, 3.8) is 0 Å². The minimum atomic E-state index is -0.455. The number of nitrogens with zero attached hydrogens (tertiary/aromatic N) is 1. The predicted octanol–water partition coefficient (Wildman–Crippen LogP) is 7.91. The van der Waals surface area contributed by atoms with Gasteiger partial charge in [-0.2, -0.15) is 0 Å². The van der Waals surface area contributed by atoms with E-state index in [9.17, 15) is 5.11 Å². The normalized spacial score (nSPS) is 12.6. The van der Waals surface area contributed by atoms with E-state index < -0.39 is 20.7 Å². The van der Waals surface area contributed by atoms with E-state index in [4.69, 9.17) is 0 Å². The summed E-state index contributed by atoms with van der Waals surface area (Å²) in [4.78, 5) is 0. The average molecular weight is 545 g/mol. The molecule has 1 N–H and O–H groups in total. The maximum absolute atomic E-state index is 11.1. The highest BCUT2D eigenvalue weighted by atomic mass is 127. The van der Waals surface area contributed by atoms with Gasteiger partial charge in [0.2, 0.25) is 0 Å². The van der Waals surface area contributed by atoms with Crippen LogP contribution < -0.4 is 4.67 Å². The van der Waals surface area contributed by atoms with E-state index in [1.807, 2.05) is 6.07 Å². The lowest BCUT2D eigenvalue weighted by Gasteiger charge is -2.27. The number of aromatic hydroxyl groups is 1. The van der Waals surface area contributed by atoms with Crippen LogP contribution in [0.25, 0.3) is 0 Å². The molecule has 0 aliphatic heterocycles. The van der Waals surface area contributed by atoms with Crippen molar-refractivity contribution < 1.29 is 5.11 Å². The molecular weight excluding hydrogens is 512 g/mol. The molecular formula is C27H33INOP. The van der Waals surface area contributed by atoms with Gasteiger partial charge in [-0.3, -0.25) is 0 Å². The molecule has 0 bridgehead atoms. The van der Waals surface area contributed by atoms with Crippen molar-refractivity contribution in [3.8, 4) is 5.75 Å². The van der Waals surface area contributed by atoms with Gasteiger partial charge in [0.15, 0.2) is 0 Å². The molecule has 31 heavy (non-hydrogen) atoms. The number of hydrogen-bond donors (Lipinski definition) is 1. The number of rotatable bonds is 4. The Balaban J connectivity index is 2.07. The fourth-order valence-electron chi connectivity index (χ4n) is 3.33. The van der Waals surface area contributed by atoms with Crippen LogP contribution in [-0.4, -0.2) is 9.12 Å². The minimum Gasteiger partial charge on any atom is -0.507 e. The Bertz CT molecular complexity index is 1080. The Morgan fingerprint density at radius 2 is 1.45 bits per heavy atom. The third-order valence-electron chi connectivity index (χ3n) is 5.25. The predicted molar refractivity (Wildman–Crippen MR) is 148 cm³/mol. The fraction of sp³-hybridized carbons (Fsp3) is 0.296. The van der Waals surface area contributed by atoms with Crippen LogP contribution in [0.5, 0.6) is 5.75 Å². The molecule has 1 unspecified atom stereocenters. The molecule has 3 aromatic rings. The number of anilines is 2. The molecule has 0 aliphatic carbocycles. The zero-order chi connectivity index (χ0) is 22.8. The summed E-state index contributed by atoms with van der Waals surface area (Å²) >= 11 is -0.455. The molecule has 0 radical (unpaired) electrons.